The minimum Gasteiger partial charge on any atom is -0.391 e. The van der Waals surface area contributed by atoms with E-state index in [4.69, 9.17) is 0 Å². The number of anilines is 3. The number of carbonyl (C=O) groups excluding carboxylic acids is 1. The fourth-order valence-corrected chi connectivity index (χ4v) is 4.77. The number of fused-ring (bicyclic) bond motifs is 1. The Kier molecular flexibility index (Phi) is 5.80. The van der Waals surface area contributed by atoms with Gasteiger partial charge in [0, 0.05) is 17.8 Å². The zero-order chi connectivity index (χ0) is 24.6. The van der Waals surface area contributed by atoms with E-state index in [1.165, 1.54) is 31.4 Å². The zero-order valence-corrected chi connectivity index (χ0v) is 19.5. The smallest absolute Gasteiger partial charge is 0.226 e. The first kappa shape index (κ1) is 22.5. The maximum atomic E-state index is 15.0. The van der Waals surface area contributed by atoms with Gasteiger partial charge in [0.2, 0.25) is 5.95 Å². The van der Waals surface area contributed by atoms with Crippen molar-refractivity contribution in [3.63, 3.8) is 0 Å². The number of aromatic amines is 1. The van der Waals surface area contributed by atoms with E-state index in [0.29, 0.717) is 34.9 Å². The van der Waals surface area contributed by atoms with Gasteiger partial charge in [-0.2, -0.15) is 4.39 Å². The molecule has 2 aliphatic carbocycles. The predicted molar refractivity (Wildman–Crippen MR) is 133 cm³/mol. The molecule has 0 radical (unpaired) electrons. The number of halogens is 1. The summed E-state index contributed by atoms with van der Waals surface area (Å²) in [6.45, 7) is 0. The van der Waals surface area contributed by atoms with Gasteiger partial charge in [-0.15, -0.1) is 0 Å². The molecule has 2 fully saturated rings. The molecular weight excluding hydrogens is 461 g/mol. The fraction of sp³-hybridized carbons (Fsp3) is 0.346. The second-order valence-corrected chi connectivity index (χ2v) is 9.49. The molecule has 4 N–H and O–H groups in total. The van der Waals surface area contributed by atoms with Crippen LogP contribution in [0.15, 0.2) is 43.0 Å². The lowest BCUT2D eigenvalue weighted by Gasteiger charge is -2.28. The van der Waals surface area contributed by atoms with Crippen molar-refractivity contribution in [1.82, 2.24) is 24.9 Å². The van der Waals surface area contributed by atoms with Gasteiger partial charge in [-0.25, -0.2) is 15.0 Å². The summed E-state index contributed by atoms with van der Waals surface area (Å²) in [6.07, 6.45) is 9.93. The Labute approximate surface area is 206 Å². The Morgan fingerprint density at radius 1 is 1.03 bits per heavy atom. The van der Waals surface area contributed by atoms with Crippen molar-refractivity contribution in [3.05, 3.63) is 65.8 Å². The number of nitrogens with zero attached hydrogens (tertiary/aromatic N) is 4. The average molecular weight is 488 g/mol. The highest BCUT2D eigenvalue weighted by Gasteiger charge is 2.27. The first-order valence-corrected chi connectivity index (χ1v) is 12.3. The number of aliphatic hydroxyl groups is 1. The number of carbonyl (C=O) groups is 1. The Morgan fingerprint density at radius 2 is 1.89 bits per heavy atom. The fourth-order valence-electron chi connectivity index (χ4n) is 4.77. The minimum atomic E-state index is -0.879. The molecule has 36 heavy (non-hydrogen) atoms. The monoisotopic (exact) mass is 487 g/mol. The van der Waals surface area contributed by atoms with Gasteiger partial charge in [0.15, 0.2) is 5.78 Å². The van der Waals surface area contributed by atoms with Crippen LogP contribution in [0.2, 0.25) is 0 Å². The largest absolute Gasteiger partial charge is 0.391 e. The summed E-state index contributed by atoms with van der Waals surface area (Å²) in [7, 11) is 0. The molecule has 4 heterocycles. The number of hydrogen-bond acceptors (Lipinski definition) is 8. The quantitative estimate of drug-likeness (QED) is 0.222. The Balaban J connectivity index is 1.25. The highest BCUT2D eigenvalue weighted by atomic mass is 19.1. The highest BCUT2D eigenvalue weighted by molar-refractivity contribution is 6.18. The van der Waals surface area contributed by atoms with Crippen LogP contribution in [0.3, 0.4) is 0 Å². The van der Waals surface area contributed by atoms with Crippen molar-refractivity contribution < 1.29 is 14.3 Å². The molecule has 2 saturated carbocycles. The minimum absolute atomic E-state index is 0.156. The Bertz CT molecular complexity index is 1420. The molecule has 6 rings (SSSR count). The van der Waals surface area contributed by atoms with E-state index in [-0.39, 0.29) is 23.0 Å². The van der Waals surface area contributed by atoms with Crippen molar-refractivity contribution in [1.29, 1.82) is 0 Å². The molecule has 0 amide bonds. The van der Waals surface area contributed by atoms with E-state index >= 15 is 4.39 Å². The molecule has 4 aromatic heterocycles. The summed E-state index contributed by atoms with van der Waals surface area (Å²) in [6, 6.07) is 6.66. The third kappa shape index (κ3) is 4.39. The van der Waals surface area contributed by atoms with Crippen molar-refractivity contribution >= 4 is 34.1 Å². The maximum Gasteiger partial charge on any atom is 0.226 e. The first-order valence-electron chi connectivity index (χ1n) is 12.3. The Hall–Kier alpha value is -3.92. The van der Waals surface area contributed by atoms with E-state index < -0.39 is 17.8 Å². The molecular formula is C26H26FN7O2. The van der Waals surface area contributed by atoms with Crippen LogP contribution in [0.1, 0.15) is 66.1 Å². The third-order valence-electron chi connectivity index (χ3n) is 6.91. The van der Waals surface area contributed by atoms with E-state index in [0.717, 1.165) is 25.0 Å². The summed E-state index contributed by atoms with van der Waals surface area (Å²) < 4.78 is 15.0. The molecule has 0 unspecified atom stereocenters. The number of hydrogen-bond donors (Lipinski definition) is 4. The van der Waals surface area contributed by atoms with Crippen LogP contribution in [0.4, 0.5) is 21.7 Å². The van der Waals surface area contributed by atoms with Crippen LogP contribution in [-0.2, 0) is 0 Å². The summed E-state index contributed by atoms with van der Waals surface area (Å²) in [4.78, 5) is 33.3. The van der Waals surface area contributed by atoms with Gasteiger partial charge in [0.05, 0.1) is 40.5 Å². The van der Waals surface area contributed by atoms with Crippen molar-refractivity contribution in [2.24, 2.45) is 0 Å². The van der Waals surface area contributed by atoms with E-state index in [1.54, 1.807) is 12.3 Å². The summed E-state index contributed by atoms with van der Waals surface area (Å²) >= 11 is 0. The van der Waals surface area contributed by atoms with Crippen molar-refractivity contribution in [2.45, 2.75) is 56.6 Å². The third-order valence-corrected chi connectivity index (χ3v) is 6.91. The lowest BCUT2D eigenvalue weighted by atomic mass is 9.92. The first-order chi connectivity index (χ1) is 17.6. The number of rotatable bonds is 7. The van der Waals surface area contributed by atoms with Crippen molar-refractivity contribution in [3.8, 4) is 0 Å². The summed E-state index contributed by atoms with van der Waals surface area (Å²) in [5, 5.41) is 17.1. The van der Waals surface area contributed by atoms with Gasteiger partial charge in [-0.1, -0.05) is 12.8 Å². The standard InChI is InChI=1S/C26H26FN7O2/c27-24-16(8-10-21(34-24)32-15-7-9-18(28-11-15)14-5-6-14)23(36)17-12-29-25-22(17)26(31-13-30-25)33-19-3-1-2-4-20(19)35/h7-14,19-20,35H,1-6H2,(H,32,34)(H2,29,30,31,33)/t19-,20-/m1/s1. The number of H-pyrrole nitrogens is 1. The molecule has 2 atom stereocenters. The number of aliphatic hydroxyl groups excluding tert-OH is 1. The molecule has 0 aromatic carbocycles. The summed E-state index contributed by atoms with van der Waals surface area (Å²) in [5.74, 6) is -0.144. The normalized spacial score (nSPS) is 19.8. The summed E-state index contributed by atoms with van der Waals surface area (Å²) in [5.41, 5.74) is 2.29. The van der Waals surface area contributed by atoms with Crippen LogP contribution < -0.4 is 10.6 Å². The van der Waals surface area contributed by atoms with Crippen LogP contribution in [-0.4, -0.2) is 48.0 Å². The van der Waals surface area contributed by atoms with Gasteiger partial charge >= 0.3 is 0 Å². The molecule has 4 aromatic rings. The van der Waals surface area contributed by atoms with Crippen LogP contribution in [0, 0.1) is 5.95 Å². The second kappa shape index (κ2) is 9.27. The number of ketones is 1. The van der Waals surface area contributed by atoms with Gasteiger partial charge in [0.25, 0.3) is 0 Å². The van der Waals surface area contributed by atoms with Crippen molar-refractivity contribution in [2.75, 3.05) is 10.6 Å². The number of aromatic nitrogens is 5. The highest BCUT2D eigenvalue weighted by Crippen LogP contribution is 2.39. The average Bonchev–Trinajstić information content (AvgIpc) is 3.64. The maximum absolute atomic E-state index is 15.0. The van der Waals surface area contributed by atoms with Gasteiger partial charge in [-0.3, -0.25) is 9.78 Å². The molecule has 0 bridgehead atoms. The Morgan fingerprint density at radius 3 is 2.64 bits per heavy atom. The topological polar surface area (TPSA) is 129 Å². The van der Waals surface area contributed by atoms with E-state index in [9.17, 15) is 9.90 Å². The molecule has 0 aliphatic heterocycles. The molecule has 0 saturated heterocycles. The molecule has 10 heteroatoms. The van der Waals surface area contributed by atoms with Crippen LogP contribution in [0.25, 0.3) is 11.0 Å². The number of nitrogens with one attached hydrogen (secondary N) is 3. The van der Waals surface area contributed by atoms with E-state index in [2.05, 4.69) is 35.6 Å². The second-order valence-electron chi connectivity index (χ2n) is 9.49. The molecule has 184 valence electrons. The molecule has 2 aliphatic rings. The molecule has 0 spiro atoms. The zero-order valence-electron chi connectivity index (χ0n) is 19.5. The predicted octanol–water partition coefficient (Wildman–Crippen LogP) is 4.45. The van der Waals surface area contributed by atoms with Gasteiger partial charge in [0.1, 0.15) is 23.6 Å². The number of pyridine rings is 2. The van der Waals surface area contributed by atoms with E-state index in [1.807, 2.05) is 12.1 Å². The SMILES string of the molecule is O=C(c1ccc(Nc2ccc(C3CC3)nc2)nc1F)c1c[nH]c2ncnc(N[C@@H]3CCCC[C@H]3O)c12. The van der Waals surface area contributed by atoms with Crippen LogP contribution in [0.5, 0.6) is 0 Å². The lowest BCUT2D eigenvalue weighted by Crippen LogP contribution is -2.36. The van der Waals surface area contributed by atoms with Crippen LogP contribution >= 0.6 is 0 Å². The molecule has 9 nitrogen and oxygen atoms in total. The lowest BCUT2D eigenvalue weighted by molar-refractivity contribution is 0.103. The van der Waals surface area contributed by atoms with Gasteiger partial charge in [-0.05, 0) is 49.9 Å². The van der Waals surface area contributed by atoms with Gasteiger partial charge < -0.3 is 20.7 Å².